The molecule has 0 amide bonds. The molecule has 0 saturated heterocycles. The Hall–Kier alpha value is -1.51. The molecule has 13 heavy (non-hydrogen) atoms. The Labute approximate surface area is 77.0 Å². The molecule has 0 aliphatic carbocycles. The molecular formula is C10H11NO2. The SMILES string of the molecule is COc1ccccc1C1CN=CO1. The topological polar surface area (TPSA) is 30.8 Å². The molecule has 1 aliphatic rings. The van der Waals surface area contributed by atoms with Crippen molar-refractivity contribution < 1.29 is 9.47 Å². The fraction of sp³-hybridized carbons (Fsp3) is 0.300. The van der Waals surface area contributed by atoms with E-state index in [9.17, 15) is 0 Å². The van der Waals surface area contributed by atoms with E-state index in [-0.39, 0.29) is 6.10 Å². The van der Waals surface area contributed by atoms with E-state index in [1.165, 1.54) is 6.40 Å². The van der Waals surface area contributed by atoms with Gasteiger partial charge in [-0.25, -0.2) is 0 Å². The van der Waals surface area contributed by atoms with Crippen molar-refractivity contribution in [3.8, 4) is 5.75 Å². The number of hydrogen-bond donors (Lipinski definition) is 0. The van der Waals surface area contributed by atoms with Crippen molar-refractivity contribution in [3.05, 3.63) is 29.8 Å². The predicted octanol–water partition coefficient (Wildman–Crippen LogP) is 1.79. The Morgan fingerprint density at radius 3 is 3.00 bits per heavy atom. The summed E-state index contributed by atoms with van der Waals surface area (Å²) in [7, 11) is 1.66. The molecule has 1 aromatic rings. The lowest BCUT2D eigenvalue weighted by molar-refractivity contribution is 0.233. The number of para-hydroxylation sites is 1. The van der Waals surface area contributed by atoms with E-state index in [0.717, 1.165) is 11.3 Å². The highest BCUT2D eigenvalue weighted by atomic mass is 16.5. The maximum atomic E-state index is 5.31. The van der Waals surface area contributed by atoms with Crippen LogP contribution in [0.4, 0.5) is 0 Å². The summed E-state index contributed by atoms with van der Waals surface area (Å²) in [5.74, 6) is 0.859. The Morgan fingerprint density at radius 1 is 1.46 bits per heavy atom. The maximum Gasteiger partial charge on any atom is 0.170 e. The van der Waals surface area contributed by atoms with E-state index in [1.54, 1.807) is 7.11 Å². The number of methoxy groups -OCH3 is 1. The van der Waals surface area contributed by atoms with Gasteiger partial charge >= 0.3 is 0 Å². The van der Waals surface area contributed by atoms with Crippen LogP contribution in [0.3, 0.4) is 0 Å². The third-order valence-corrected chi connectivity index (χ3v) is 2.06. The summed E-state index contributed by atoms with van der Waals surface area (Å²) >= 11 is 0. The molecular weight excluding hydrogens is 166 g/mol. The van der Waals surface area contributed by atoms with E-state index in [0.29, 0.717) is 6.54 Å². The quantitative estimate of drug-likeness (QED) is 0.689. The normalized spacial score (nSPS) is 19.9. The fourth-order valence-corrected chi connectivity index (χ4v) is 1.40. The van der Waals surface area contributed by atoms with E-state index in [1.807, 2.05) is 24.3 Å². The average molecular weight is 177 g/mol. The van der Waals surface area contributed by atoms with Crippen LogP contribution in [0.2, 0.25) is 0 Å². The lowest BCUT2D eigenvalue weighted by Gasteiger charge is -2.12. The molecule has 1 aromatic carbocycles. The van der Waals surface area contributed by atoms with Gasteiger partial charge in [0.25, 0.3) is 0 Å². The average Bonchev–Trinajstić information content (AvgIpc) is 2.70. The van der Waals surface area contributed by atoms with Crippen molar-refractivity contribution in [2.45, 2.75) is 6.10 Å². The molecule has 3 nitrogen and oxygen atoms in total. The summed E-state index contributed by atoms with van der Waals surface area (Å²) in [5.41, 5.74) is 1.06. The number of benzene rings is 1. The smallest absolute Gasteiger partial charge is 0.170 e. The van der Waals surface area contributed by atoms with Gasteiger partial charge in [-0.3, -0.25) is 4.99 Å². The van der Waals surface area contributed by atoms with E-state index in [2.05, 4.69) is 4.99 Å². The second kappa shape index (κ2) is 3.47. The zero-order valence-corrected chi connectivity index (χ0v) is 7.43. The monoisotopic (exact) mass is 177 g/mol. The molecule has 1 heterocycles. The van der Waals surface area contributed by atoms with Crippen molar-refractivity contribution in [2.75, 3.05) is 13.7 Å². The first-order chi connectivity index (χ1) is 6.42. The molecule has 0 radical (unpaired) electrons. The Balaban J connectivity index is 2.27. The van der Waals surface area contributed by atoms with Gasteiger partial charge in [0.05, 0.1) is 13.7 Å². The second-order valence-corrected chi connectivity index (χ2v) is 2.84. The van der Waals surface area contributed by atoms with Gasteiger partial charge in [-0.2, -0.15) is 0 Å². The van der Waals surface area contributed by atoms with Crippen LogP contribution in [-0.4, -0.2) is 20.1 Å². The number of rotatable bonds is 2. The van der Waals surface area contributed by atoms with Crippen LogP contribution in [-0.2, 0) is 4.74 Å². The minimum absolute atomic E-state index is 0.0242. The number of ether oxygens (including phenoxy) is 2. The van der Waals surface area contributed by atoms with Crippen molar-refractivity contribution >= 4 is 6.40 Å². The zero-order valence-electron chi connectivity index (χ0n) is 7.43. The largest absolute Gasteiger partial charge is 0.496 e. The summed E-state index contributed by atoms with van der Waals surface area (Å²) in [6.45, 7) is 0.681. The predicted molar refractivity (Wildman–Crippen MR) is 50.2 cm³/mol. The number of nitrogens with zero attached hydrogens (tertiary/aromatic N) is 1. The summed E-state index contributed by atoms with van der Waals surface area (Å²) in [6.07, 6.45) is 1.52. The summed E-state index contributed by atoms with van der Waals surface area (Å²) < 4.78 is 10.5. The minimum atomic E-state index is 0.0242. The fourth-order valence-electron chi connectivity index (χ4n) is 1.40. The van der Waals surface area contributed by atoms with Gasteiger partial charge in [0.15, 0.2) is 6.40 Å². The Bertz CT molecular complexity index is 314. The van der Waals surface area contributed by atoms with Gasteiger partial charge in [0.2, 0.25) is 0 Å². The third-order valence-electron chi connectivity index (χ3n) is 2.06. The van der Waals surface area contributed by atoms with Gasteiger partial charge in [-0.05, 0) is 6.07 Å². The van der Waals surface area contributed by atoms with Crippen LogP contribution >= 0.6 is 0 Å². The van der Waals surface area contributed by atoms with Crippen molar-refractivity contribution in [2.24, 2.45) is 4.99 Å². The summed E-state index contributed by atoms with van der Waals surface area (Å²) in [5, 5.41) is 0. The molecule has 0 aromatic heterocycles. The highest BCUT2D eigenvalue weighted by Gasteiger charge is 2.18. The molecule has 0 N–H and O–H groups in total. The number of hydrogen-bond acceptors (Lipinski definition) is 3. The molecule has 0 spiro atoms. The van der Waals surface area contributed by atoms with Crippen LogP contribution in [0.5, 0.6) is 5.75 Å². The van der Waals surface area contributed by atoms with Gasteiger partial charge in [-0.15, -0.1) is 0 Å². The lowest BCUT2D eigenvalue weighted by Crippen LogP contribution is -2.02. The van der Waals surface area contributed by atoms with Gasteiger partial charge in [0.1, 0.15) is 11.9 Å². The molecule has 1 aliphatic heterocycles. The Kier molecular flexibility index (Phi) is 2.17. The molecule has 2 rings (SSSR count). The second-order valence-electron chi connectivity index (χ2n) is 2.84. The van der Waals surface area contributed by atoms with Crippen LogP contribution < -0.4 is 4.74 Å². The van der Waals surface area contributed by atoms with Crippen LogP contribution in [0, 0.1) is 0 Å². The van der Waals surface area contributed by atoms with E-state index in [4.69, 9.17) is 9.47 Å². The standard InChI is InChI=1S/C10H11NO2/c1-12-9-5-3-2-4-8(9)10-6-11-7-13-10/h2-5,7,10H,6H2,1H3. The minimum Gasteiger partial charge on any atom is -0.496 e. The van der Waals surface area contributed by atoms with Crippen LogP contribution in [0.25, 0.3) is 0 Å². The molecule has 3 heteroatoms. The zero-order chi connectivity index (χ0) is 9.10. The highest BCUT2D eigenvalue weighted by Crippen LogP contribution is 2.28. The summed E-state index contributed by atoms with van der Waals surface area (Å²) in [4.78, 5) is 4.01. The van der Waals surface area contributed by atoms with Crippen LogP contribution in [0.15, 0.2) is 29.3 Å². The molecule has 0 fully saturated rings. The maximum absolute atomic E-state index is 5.31. The first-order valence-electron chi connectivity index (χ1n) is 4.18. The first kappa shape index (κ1) is 8.10. The van der Waals surface area contributed by atoms with Gasteiger partial charge in [-0.1, -0.05) is 18.2 Å². The molecule has 0 bridgehead atoms. The van der Waals surface area contributed by atoms with Crippen LogP contribution in [0.1, 0.15) is 11.7 Å². The Morgan fingerprint density at radius 2 is 2.31 bits per heavy atom. The number of aliphatic imine (C=N–C) groups is 1. The first-order valence-corrected chi connectivity index (χ1v) is 4.18. The van der Waals surface area contributed by atoms with E-state index < -0.39 is 0 Å². The van der Waals surface area contributed by atoms with E-state index >= 15 is 0 Å². The summed E-state index contributed by atoms with van der Waals surface area (Å²) in [6, 6.07) is 7.84. The molecule has 1 atom stereocenters. The molecule has 1 unspecified atom stereocenters. The van der Waals surface area contributed by atoms with Crippen molar-refractivity contribution in [1.29, 1.82) is 0 Å². The third kappa shape index (κ3) is 1.49. The van der Waals surface area contributed by atoms with Crippen molar-refractivity contribution in [3.63, 3.8) is 0 Å². The molecule has 0 saturated carbocycles. The highest BCUT2D eigenvalue weighted by molar-refractivity contribution is 5.51. The molecule has 68 valence electrons. The lowest BCUT2D eigenvalue weighted by atomic mass is 10.1. The van der Waals surface area contributed by atoms with Gasteiger partial charge in [0, 0.05) is 5.56 Å². The van der Waals surface area contributed by atoms with Crippen molar-refractivity contribution in [1.82, 2.24) is 0 Å². The van der Waals surface area contributed by atoms with Gasteiger partial charge < -0.3 is 9.47 Å².